The minimum atomic E-state index is -0.414. The van der Waals surface area contributed by atoms with Gasteiger partial charge >= 0.3 is 5.97 Å². The molecule has 43 heavy (non-hydrogen) atoms. The number of hydrogen-bond donors (Lipinski definition) is 2. The lowest BCUT2D eigenvalue weighted by Crippen LogP contribution is -2.38. The molecule has 2 heterocycles. The van der Waals surface area contributed by atoms with Crippen LogP contribution in [0.5, 0.6) is 0 Å². The molecular formula is C32H38N4O6S. The second-order valence-corrected chi connectivity index (χ2v) is 12.0. The molecule has 1 aliphatic heterocycles. The van der Waals surface area contributed by atoms with Gasteiger partial charge in [-0.15, -0.1) is 0 Å². The molecule has 2 aliphatic rings. The van der Waals surface area contributed by atoms with Crippen molar-refractivity contribution in [1.29, 1.82) is 0 Å². The largest absolute Gasteiger partial charge is 0.462 e. The fraction of sp³-hybridized carbons (Fsp3) is 0.469. The number of para-hydroxylation sites is 1. The van der Waals surface area contributed by atoms with Crippen LogP contribution in [0, 0.1) is 11.8 Å². The topological polar surface area (TPSA) is 129 Å². The number of benzene rings is 2. The molecule has 0 unspecified atom stereocenters. The molecule has 1 saturated heterocycles. The summed E-state index contributed by atoms with van der Waals surface area (Å²) in [6, 6.07) is 13.7. The Balaban J connectivity index is 1.20. The number of fused-ring (bicyclic) bond motifs is 1. The van der Waals surface area contributed by atoms with Crippen molar-refractivity contribution in [2.24, 2.45) is 11.8 Å². The zero-order valence-corrected chi connectivity index (χ0v) is 25.2. The first-order valence-corrected chi connectivity index (χ1v) is 16.0. The molecule has 2 N–H and O–H groups in total. The summed E-state index contributed by atoms with van der Waals surface area (Å²) in [5, 5.41) is 6.93. The van der Waals surface area contributed by atoms with Crippen molar-refractivity contribution in [3.8, 4) is 0 Å². The molecule has 10 nitrogen and oxygen atoms in total. The zero-order chi connectivity index (χ0) is 30.2. The number of esters is 1. The van der Waals surface area contributed by atoms with Gasteiger partial charge in [0.2, 0.25) is 11.8 Å². The van der Waals surface area contributed by atoms with Gasteiger partial charge in [0.15, 0.2) is 5.16 Å². The van der Waals surface area contributed by atoms with Crippen LogP contribution in [-0.2, 0) is 25.6 Å². The molecule has 0 bridgehead atoms. The predicted molar refractivity (Wildman–Crippen MR) is 165 cm³/mol. The van der Waals surface area contributed by atoms with E-state index in [1.54, 1.807) is 47.9 Å². The molecule has 1 aliphatic carbocycles. The average molecular weight is 607 g/mol. The predicted octanol–water partition coefficient (Wildman–Crippen LogP) is 4.41. The van der Waals surface area contributed by atoms with E-state index in [4.69, 9.17) is 14.5 Å². The molecule has 1 atom stereocenters. The lowest BCUT2D eigenvalue weighted by molar-refractivity contribution is -0.126. The van der Waals surface area contributed by atoms with Crippen molar-refractivity contribution >= 4 is 46.1 Å². The van der Waals surface area contributed by atoms with Crippen LogP contribution in [0.3, 0.4) is 0 Å². The van der Waals surface area contributed by atoms with E-state index in [1.165, 1.54) is 11.8 Å². The highest BCUT2D eigenvalue weighted by molar-refractivity contribution is 7.99. The van der Waals surface area contributed by atoms with Gasteiger partial charge in [0.05, 0.1) is 34.9 Å². The number of amides is 2. The van der Waals surface area contributed by atoms with Crippen LogP contribution in [0.1, 0.15) is 55.8 Å². The summed E-state index contributed by atoms with van der Waals surface area (Å²) in [6.07, 6.45) is 5.39. The van der Waals surface area contributed by atoms with Crippen LogP contribution in [0.2, 0.25) is 0 Å². The van der Waals surface area contributed by atoms with Crippen LogP contribution in [0.15, 0.2) is 58.5 Å². The maximum atomic E-state index is 13.6. The maximum Gasteiger partial charge on any atom is 0.338 e. The van der Waals surface area contributed by atoms with Crippen LogP contribution in [0.4, 0.5) is 5.69 Å². The second kappa shape index (κ2) is 14.7. The normalized spacial score (nSPS) is 20.1. The van der Waals surface area contributed by atoms with Crippen molar-refractivity contribution in [3.63, 3.8) is 0 Å². The number of carbonyl (C=O) groups excluding carboxylic acids is 3. The van der Waals surface area contributed by atoms with Crippen molar-refractivity contribution in [1.82, 2.24) is 14.9 Å². The number of ether oxygens (including phenoxy) is 2. The summed E-state index contributed by atoms with van der Waals surface area (Å²) in [5.41, 5.74) is 1.43. The third-order valence-electron chi connectivity index (χ3n) is 8.03. The SMILES string of the molecule is CCOC(=O)c1ccc(NC(=O)CSc2nc3ccccc3c(=O)n2CC2CCC(C(=O)NC[C@H]3CCCO3)CC2)cc1. The Labute approximate surface area is 254 Å². The monoisotopic (exact) mass is 606 g/mol. The minimum Gasteiger partial charge on any atom is -0.462 e. The molecule has 1 saturated carbocycles. The number of nitrogens with zero attached hydrogens (tertiary/aromatic N) is 2. The number of thioether (sulfide) groups is 1. The summed E-state index contributed by atoms with van der Waals surface area (Å²) >= 11 is 1.22. The lowest BCUT2D eigenvalue weighted by Gasteiger charge is -2.29. The van der Waals surface area contributed by atoms with Gasteiger partial charge in [0.1, 0.15) is 0 Å². The third kappa shape index (κ3) is 8.03. The Morgan fingerprint density at radius 2 is 1.81 bits per heavy atom. The molecule has 3 aromatic rings. The van der Waals surface area contributed by atoms with Crippen LogP contribution in [0.25, 0.3) is 10.9 Å². The van der Waals surface area contributed by atoms with Crippen molar-refractivity contribution in [2.45, 2.75) is 63.3 Å². The standard InChI is InChI=1S/C32H38N4O6S/c1-2-41-31(40)23-13-15-24(16-14-23)34-28(37)20-43-32-35-27-8-4-3-7-26(27)30(39)36(32)19-21-9-11-22(12-10-21)29(38)33-18-25-6-5-17-42-25/h3-4,7-8,13-16,21-22,25H,2,5-6,9-12,17-20H2,1H3,(H,33,38)(H,34,37)/t21?,22?,25-/m1/s1. The van der Waals surface area contributed by atoms with E-state index in [2.05, 4.69) is 10.6 Å². The Hall–Kier alpha value is -3.70. The smallest absolute Gasteiger partial charge is 0.338 e. The molecule has 1 aromatic heterocycles. The first-order valence-electron chi connectivity index (χ1n) is 15.0. The number of nitrogens with one attached hydrogen (secondary N) is 2. The van der Waals surface area contributed by atoms with E-state index in [9.17, 15) is 19.2 Å². The zero-order valence-electron chi connectivity index (χ0n) is 24.4. The molecule has 228 valence electrons. The number of aromatic nitrogens is 2. The van der Waals surface area contributed by atoms with Gasteiger partial charge < -0.3 is 20.1 Å². The summed E-state index contributed by atoms with van der Waals surface area (Å²) in [6.45, 7) is 3.86. The minimum absolute atomic E-state index is 0.0204. The summed E-state index contributed by atoms with van der Waals surface area (Å²) < 4.78 is 12.3. The number of carbonyl (C=O) groups is 3. The number of anilines is 1. The fourth-order valence-electron chi connectivity index (χ4n) is 5.68. The summed E-state index contributed by atoms with van der Waals surface area (Å²) in [4.78, 5) is 55.7. The van der Waals surface area contributed by atoms with Gasteiger partial charge in [-0.1, -0.05) is 23.9 Å². The van der Waals surface area contributed by atoms with E-state index >= 15 is 0 Å². The molecule has 2 aromatic carbocycles. The molecule has 11 heteroatoms. The van der Waals surface area contributed by atoms with E-state index in [-0.39, 0.29) is 47.7 Å². The van der Waals surface area contributed by atoms with Crippen LogP contribution in [-0.4, -0.2) is 59.0 Å². The van der Waals surface area contributed by atoms with Gasteiger partial charge in [0.25, 0.3) is 5.56 Å². The summed E-state index contributed by atoms with van der Waals surface area (Å²) in [7, 11) is 0. The van der Waals surface area contributed by atoms with Crippen molar-refractivity contribution < 1.29 is 23.9 Å². The van der Waals surface area contributed by atoms with Gasteiger partial charge in [0, 0.05) is 31.3 Å². The van der Waals surface area contributed by atoms with E-state index < -0.39 is 5.97 Å². The molecule has 2 amide bonds. The maximum absolute atomic E-state index is 13.6. The molecule has 0 spiro atoms. The van der Waals surface area contributed by atoms with Gasteiger partial charge in [-0.25, -0.2) is 9.78 Å². The quantitative estimate of drug-likeness (QED) is 0.187. The van der Waals surface area contributed by atoms with Crippen molar-refractivity contribution in [2.75, 3.05) is 30.8 Å². The van der Waals surface area contributed by atoms with Crippen molar-refractivity contribution in [3.05, 3.63) is 64.4 Å². The van der Waals surface area contributed by atoms with E-state index in [0.717, 1.165) is 45.1 Å². The highest BCUT2D eigenvalue weighted by Crippen LogP contribution is 2.31. The number of rotatable bonds is 11. The van der Waals surface area contributed by atoms with Crippen LogP contribution < -0.4 is 16.2 Å². The second-order valence-electron chi connectivity index (χ2n) is 11.1. The Bertz CT molecular complexity index is 1490. The van der Waals surface area contributed by atoms with Gasteiger partial charge in [-0.2, -0.15) is 0 Å². The molecular weight excluding hydrogens is 568 g/mol. The molecule has 2 fully saturated rings. The molecule has 5 rings (SSSR count). The van der Waals surface area contributed by atoms with Gasteiger partial charge in [-0.3, -0.25) is 19.0 Å². The summed E-state index contributed by atoms with van der Waals surface area (Å²) in [5.74, 6) is -0.305. The van der Waals surface area contributed by atoms with E-state index in [1.807, 2.05) is 12.1 Å². The molecule has 0 radical (unpaired) electrons. The fourth-order valence-corrected chi connectivity index (χ4v) is 6.49. The van der Waals surface area contributed by atoms with Gasteiger partial charge in [-0.05, 0) is 87.8 Å². The first-order chi connectivity index (χ1) is 20.9. The number of hydrogen-bond acceptors (Lipinski definition) is 8. The Morgan fingerprint density at radius 1 is 1.05 bits per heavy atom. The van der Waals surface area contributed by atoms with Crippen LogP contribution >= 0.6 is 11.8 Å². The Kier molecular flexibility index (Phi) is 10.5. The average Bonchev–Trinajstić information content (AvgIpc) is 3.55. The highest BCUT2D eigenvalue weighted by Gasteiger charge is 2.28. The highest BCUT2D eigenvalue weighted by atomic mass is 32.2. The first kappa shape index (κ1) is 30.7. The lowest BCUT2D eigenvalue weighted by atomic mass is 9.81. The third-order valence-corrected chi connectivity index (χ3v) is 9.00. The Morgan fingerprint density at radius 3 is 2.53 bits per heavy atom. The van der Waals surface area contributed by atoms with E-state index in [0.29, 0.717) is 40.4 Å².